The number of hydrogen-bond donors (Lipinski definition) is 7. The smallest absolute Gasteiger partial charge is 0.326 e. The lowest BCUT2D eigenvalue weighted by atomic mass is 10.1. The van der Waals surface area contributed by atoms with Crippen LogP contribution < -0.4 is 21.3 Å². The molecule has 0 rings (SSSR count). The first-order valence-corrected chi connectivity index (χ1v) is 17.9. The van der Waals surface area contributed by atoms with E-state index >= 15 is 0 Å². The van der Waals surface area contributed by atoms with E-state index in [-0.39, 0.29) is 110 Å². The zero-order valence-corrected chi connectivity index (χ0v) is 30.4. The summed E-state index contributed by atoms with van der Waals surface area (Å²) in [5.41, 5.74) is 0. The lowest BCUT2D eigenvalue weighted by Gasteiger charge is -2.17. The summed E-state index contributed by atoms with van der Waals surface area (Å²) in [6.07, 6.45) is 7.51. The van der Waals surface area contributed by atoms with Gasteiger partial charge >= 0.3 is 17.9 Å². The first-order valence-electron chi connectivity index (χ1n) is 17.9. The minimum Gasteiger partial charge on any atom is -0.481 e. The molecule has 0 saturated heterocycles. The van der Waals surface area contributed by atoms with Crippen LogP contribution in [0.2, 0.25) is 0 Å². The van der Waals surface area contributed by atoms with Crippen LogP contribution in [0.15, 0.2) is 0 Å². The maximum atomic E-state index is 12.4. The first kappa shape index (κ1) is 48.8. The van der Waals surface area contributed by atoms with Crippen molar-refractivity contribution in [3.63, 3.8) is 0 Å². The topological polar surface area (TPSA) is 282 Å². The number of ether oxygens (including phenoxy) is 4. The van der Waals surface area contributed by atoms with Crippen LogP contribution >= 0.6 is 0 Å². The van der Waals surface area contributed by atoms with Crippen molar-refractivity contribution in [2.75, 3.05) is 65.9 Å². The van der Waals surface area contributed by atoms with Crippen LogP contribution in [0.25, 0.3) is 0 Å². The van der Waals surface area contributed by atoms with Gasteiger partial charge in [0.2, 0.25) is 29.9 Å². The minimum absolute atomic E-state index is 0.118. The SMILES string of the molecule is O=[C]COCCOCCNC(=O)COCCOCCNC(=O)CC[C@H](NC(=O)CC[C@H](NC(=O)CCCCCCCCCCC(=O)O)C(=O)O)C(=O)O. The summed E-state index contributed by atoms with van der Waals surface area (Å²) >= 11 is 0. The Labute approximate surface area is 309 Å². The van der Waals surface area contributed by atoms with Gasteiger partial charge in [0.05, 0.1) is 39.6 Å². The molecule has 0 bridgehead atoms. The van der Waals surface area contributed by atoms with Crippen LogP contribution in [0.5, 0.6) is 0 Å². The minimum atomic E-state index is -1.39. The number of hydrogen-bond acceptors (Lipinski definition) is 12. The van der Waals surface area contributed by atoms with Crippen LogP contribution in [0, 0.1) is 0 Å². The first-order chi connectivity index (χ1) is 25.5. The largest absolute Gasteiger partial charge is 0.481 e. The Bertz CT molecular complexity index is 1090. The number of carboxylic acid groups (broad SMARTS) is 3. The Kier molecular flexibility index (Phi) is 31.0. The molecule has 19 nitrogen and oxygen atoms in total. The molecule has 1 radical (unpaired) electrons. The zero-order chi connectivity index (χ0) is 39.5. The van der Waals surface area contributed by atoms with E-state index in [0.29, 0.717) is 12.8 Å². The summed E-state index contributed by atoms with van der Waals surface area (Å²) in [7, 11) is 0. The number of aliphatic carboxylic acids is 3. The molecule has 0 aromatic heterocycles. The Hall–Kier alpha value is -4.20. The quantitative estimate of drug-likeness (QED) is 0.0413. The van der Waals surface area contributed by atoms with E-state index in [1.807, 2.05) is 0 Å². The molecule has 0 unspecified atom stereocenters. The maximum Gasteiger partial charge on any atom is 0.326 e. The number of carboxylic acids is 3. The van der Waals surface area contributed by atoms with E-state index in [0.717, 1.165) is 38.5 Å². The molecule has 4 amide bonds. The summed E-state index contributed by atoms with van der Waals surface area (Å²) in [6, 6.07) is -2.72. The highest BCUT2D eigenvalue weighted by atomic mass is 16.5. The second-order valence-corrected chi connectivity index (χ2v) is 11.9. The Morgan fingerprint density at radius 2 is 0.925 bits per heavy atom. The van der Waals surface area contributed by atoms with Crippen molar-refractivity contribution in [3.8, 4) is 0 Å². The molecule has 303 valence electrons. The number of nitrogens with one attached hydrogen (secondary N) is 4. The number of amides is 4. The normalized spacial score (nSPS) is 11.9. The van der Waals surface area contributed by atoms with Gasteiger partial charge in [-0.2, -0.15) is 0 Å². The van der Waals surface area contributed by atoms with Crippen molar-refractivity contribution in [1.82, 2.24) is 21.3 Å². The third-order valence-corrected chi connectivity index (χ3v) is 7.41. The highest BCUT2D eigenvalue weighted by Gasteiger charge is 2.24. The fourth-order valence-electron chi connectivity index (χ4n) is 4.60. The van der Waals surface area contributed by atoms with Crippen LogP contribution in [0.3, 0.4) is 0 Å². The molecule has 0 aliphatic heterocycles. The zero-order valence-electron chi connectivity index (χ0n) is 30.4. The number of carbonyl (C=O) groups excluding carboxylic acids is 5. The van der Waals surface area contributed by atoms with Crippen molar-refractivity contribution in [2.24, 2.45) is 0 Å². The Balaban J connectivity index is 4.06. The van der Waals surface area contributed by atoms with E-state index < -0.39 is 47.7 Å². The maximum absolute atomic E-state index is 12.4. The molecule has 0 spiro atoms. The van der Waals surface area contributed by atoms with Crippen molar-refractivity contribution in [3.05, 3.63) is 0 Å². The molecule has 2 atom stereocenters. The van der Waals surface area contributed by atoms with Gasteiger partial charge in [-0.25, -0.2) is 9.59 Å². The summed E-state index contributed by atoms with van der Waals surface area (Å²) in [5, 5.41) is 37.4. The Morgan fingerprint density at radius 1 is 0.491 bits per heavy atom. The van der Waals surface area contributed by atoms with E-state index in [4.69, 9.17) is 24.1 Å². The second kappa shape index (κ2) is 33.6. The van der Waals surface area contributed by atoms with Crippen molar-refractivity contribution < 1.29 is 72.6 Å². The molecule has 0 aliphatic carbocycles. The van der Waals surface area contributed by atoms with Gasteiger partial charge in [0, 0.05) is 38.8 Å². The van der Waals surface area contributed by atoms with E-state index in [1.54, 1.807) is 6.29 Å². The van der Waals surface area contributed by atoms with Crippen molar-refractivity contribution in [2.45, 2.75) is 102 Å². The van der Waals surface area contributed by atoms with Gasteiger partial charge in [0.15, 0.2) is 0 Å². The van der Waals surface area contributed by atoms with Crippen LogP contribution in [-0.2, 0) is 57.3 Å². The van der Waals surface area contributed by atoms with Gasteiger partial charge in [0.25, 0.3) is 0 Å². The summed E-state index contributed by atoms with van der Waals surface area (Å²) in [5.74, 6) is -5.50. The molecule has 0 saturated carbocycles. The van der Waals surface area contributed by atoms with Gasteiger partial charge < -0.3 is 55.5 Å². The molecule has 0 aromatic rings. The van der Waals surface area contributed by atoms with Gasteiger partial charge in [0.1, 0.15) is 25.3 Å². The van der Waals surface area contributed by atoms with Gasteiger partial charge in [-0.05, 0) is 25.7 Å². The third-order valence-electron chi connectivity index (χ3n) is 7.41. The molecule has 7 N–H and O–H groups in total. The highest BCUT2D eigenvalue weighted by molar-refractivity contribution is 5.86. The van der Waals surface area contributed by atoms with Gasteiger partial charge in [-0.15, -0.1) is 0 Å². The van der Waals surface area contributed by atoms with Crippen molar-refractivity contribution >= 4 is 47.8 Å². The van der Waals surface area contributed by atoms with Gasteiger partial charge in [-0.3, -0.25) is 28.8 Å². The molecule has 19 heteroatoms. The molecule has 0 heterocycles. The summed E-state index contributed by atoms with van der Waals surface area (Å²) in [4.78, 5) is 92.2. The average Bonchev–Trinajstić information content (AvgIpc) is 3.11. The fraction of sp³-hybridized carbons (Fsp3) is 0.765. The van der Waals surface area contributed by atoms with Crippen molar-refractivity contribution in [1.29, 1.82) is 0 Å². The molecular weight excluding hydrogens is 704 g/mol. The number of carbonyl (C=O) groups is 7. The lowest BCUT2D eigenvalue weighted by Crippen LogP contribution is -2.44. The summed E-state index contributed by atoms with van der Waals surface area (Å²) in [6.45, 7) is 1.31. The van der Waals surface area contributed by atoms with Crippen LogP contribution in [-0.4, -0.2) is 141 Å². The monoisotopic (exact) mass is 761 g/mol. The van der Waals surface area contributed by atoms with Gasteiger partial charge in [-0.1, -0.05) is 38.5 Å². The lowest BCUT2D eigenvalue weighted by molar-refractivity contribution is -0.143. The summed E-state index contributed by atoms with van der Waals surface area (Å²) < 4.78 is 20.6. The molecule has 0 aliphatic rings. The molecule has 53 heavy (non-hydrogen) atoms. The Morgan fingerprint density at radius 3 is 1.43 bits per heavy atom. The second-order valence-electron chi connectivity index (χ2n) is 11.9. The number of unbranched alkanes of at least 4 members (excludes halogenated alkanes) is 7. The standard InChI is InChI=1S/C34H57N4O15/c39-17-20-52-22-21-50-19-16-36-31(43)25-53-24-23-51-18-15-35-28(40)13-11-26(33(46)47)38-30(42)14-12-27(34(48)49)37-29(41)9-7-5-3-1-2-4-6-8-10-32(44)45/h26-27H,1-16,18-25H2,(H,35,40)(H,36,43)(H,37,41)(H,38,42)(H,44,45)(H,46,47)(H,48,49)/t26-,27-/m0/s1. The molecular formula is C34H57N4O15. The molecule has 0 fully saturated rings. The van der Waals surface area contributed by atoms with E-state index in [1.165, 1.54) is 0 Å². The fourth-order valence-corrected chi connectivity index (χ4v) is 4.60. The van der Waals surface area contributed by atoms with E-state index in [2.05, 4.69) is 21.3 Å². The average molecular weight is 762 g/mol. The predicted molar refractivity (Wildman–Crippen MR) is 186 cm³/mol. The highest BCUT2D eigenvalue weighted by Crippen LogP contribution is 2.11. The third kappa shape index (κ3) is 32.2. The van der Waals surface area contributed by atoms with Crippen LogP contribution in [0.4, 0.5) is 0 Å². The van der Waals surface area contributed by atoms with Crippen LogP contribution in [0.1, 0.15) is 89.9 Å². The number of rotatable bonds is 37. The predicted octanol–water partition coefficient (Wildman–Crippen LogP) is 0.0797. The van der Waals surface area contributed by atoms with E-state index in [9.17, 15) is 48.6 Å². The molecule has 0 aromatic carbocycles.